The largest absolute Gasteiger partial charge is 0.445 e. The second-order valence-electron chi connectivity index (χ2n) is 7.77. The van der Waals surface area contributed by atoms with Crippen LogP contribution in [0.3, 0.4) is 0 Å². The van der Waals surface area contributed by atoms with Crippen LogP contribution in [0.5, 0.6) is 0 Å². The molecule has 1 aromatic rings. The number of nitrogens with zero attached hydrogens (tertiary/aromatic N) is 1. The van der Waals surface area contributed by atoms with Crippen molar-refractivity contribution < 1.29 is 14.3 Å². The third-order valence-corrected chi connectivity index (χ3v) is 5.52. The average molecular weight is 374 g/mol. The summed E-state index contributed by atoms with van der Waals surface area (Å²) in [6.07, 6.45) is 9.59. The molecule has 0 saturated carbocycles. The van der Waals surface area contributed by atoms with Gasteiger partial charge in [0.1, 0.15) is 12.4 Å². The van der Waals surface area contributed by atoms with Crippen molar-refractivity contribution in [3.05, 3.63) is 35.9 Å². The Kier molecular flexibility index (Phi) is 9.37. The fourth-order valence-electron chi connectivity index (χ4n) is 3.86. The topological polar surface area (TPSA) is 46.6 Å². The predicted molar refractivity (Wildman–Crippen MR) is 109 cm³/mol. The van der Waals surface area contributed by atoms with Crippen molar-refractivity contribution in [1.29, 1.82) is 0 Å². The summed E-state index contributed by atoms with van der Waals surface area (Å²) in [5.74, 6) is 0.337. The Hall–Kier alpha value is -1.84. The van der Waals surface area contributed by atoms with E-state index in [1.807, 2.05) is 35.2 Å². The molecule has 2 rings (SSSR count). The molecule has 1 aromatic carbocycles. The van der Waals surface area contributed by atoms with E-state index in [1.165, 1.54) is 19.3 Å². The zero-order chi connectivity index (χ0) is 19.5. The van der Waals surface area contributed by atoms with Crippen LogP contribution >= 0.6 is 0 Å². The number of unbranched alkanes of at least 4 members (excludes halogenated alkanes) is 4. The van der Waals surface area contributed by atoms with Gasteiger partial charge in [0, 0.05) is 24.9 Å². The molecular formula is C23H35NO3. The Bertz CT molecular complexity index is 572. The molecule has 0 aliphatic carbocycles. The number of carbonyl (C=O) groups is 2. The number of ketones is 1. The summed E-state index contributed by atoms with van der Waals surface area (Å²) in [5, 5.41) is 0. The second-order valence-corrected chi connectivity index (χ2v) is 7.77. The summed E-state index contributed by atoms with van der Waals surface area (Å²) in [4.78, 5) is 26.6. The minimum Gasteiger partial charge on any atom is -0.445 e. The highest BCUT2D eigenvalue weighted by Crippen LogP contribution is 2.28. The standard InChI is InChI=1S/C23H35NO3/c1-3-4-5-6-10-13-22(25)17-16-21-15-14-19(2)24(21)23(26)27-18-20-11-8-7-9-12-20/h7-9,11-12,19,21H,3-6,10,13-18H2,1-2H3/t19-,21-/m1/s1. The molecule has 1 amide bonds. The van der Waals surface area contributed by atoms with Crippen LogP contribution in [0.2, 0.25) is 0 Å². The molecule has 0 aromatic heterocycles. The first-order valence-electron chi connectivity index (χ1n) is 10.6. The van der Waals surface area contributed by atoms with Gasteiger partial charge in [0.05, 0.1) is 0 Å². The highest BCUT2D eigenvalue weighted by molar-refractivity contribution is 5.78. The van der Waals surface area contributed by atoms with Crippen LogP contribution in [0.1, 0.15) is 83.6 Å². The maximum Gasteiger partial charge on any atom is 0.410 e. The highest BCUT2D eigenvalue weighted by Gasteiger charge is 2.35. The first kappa shape index (κ1) is 21.5. The molecule has 4 nitrogen and oxygen atoms in total. The number of benzene rings is 1. The van der Waals surface area contributed by atoms with Gasteiger partial charge in [-0.05, 0) is 38.2 Å². The van der Waals surface area contributed by atoms with Crippen LogP contribution < -0.4 is 0 Å². The lowest BCUT2D eigenvalue weighted by Gasteiger charge is -2.27. The molecule has 0 bridgehead atoms. The van der Waals surface area contributed by atoms with Crippen molar-refractivity contribution in [2.24, 2.45) is 0 Å². The number of Topliss-reactive ketones (excluding diaryl/α,β-unsaturated/α-hetero) is 1. The van der Waals surface area contributed by atoms with E-state index in [0.29, 0.717) is 25.2 Å². The molecular weight excluding hydrogens is 338 g/mol. The van der Waals surface area contributed by atoms with Crippen molar-refractivity contribution in [2.75, 3.05) is 0 Å². The maximum absolute atomic E-state index is 12.6. The average Bonchev–Trinajstić information content (AvgIpc) is 3.05. The van der Waals surface area contributed by atoms with E-state index in [-0.39, 0.29) is 18.2 Å². The monoisotopic (exact) mass is 373 g/mol. The normalized spacial score (nSPS) is 19.3. The lowest BCUT2D eigenvalue weighted by molar-refractivity contribution is -0.119. The zero-order valence-electron chi connectivity index (χ0n) is 17.0. The third-order valence-electron chi connectivity index (χ3n) is 5.52. The SMILES string of the molecule is CCCCCCCC(=O)CC[C@H]1CC[C@@H](C)N1C(=O)OCc1ccccc1. The van der Waals surface area contributed by atoms with E-state index in [2.05, 4.69) is 13.8 Å². The Morgan fingerprint density at radius 1 is 1.04 bits per heavy atom. The molecule has 0 radical (unpaired) electrons. The lowest BCUT2D eigenvalue weighted by Crippen LogP contribution is -2.40. The fraction of sp³-hybridized carbons (Fsp3) is 0.652. The van der Waals surface area contributed by atoms with Crippen LogP contribution in [-0.4, -0.2) is 28.9 Å². The highest BCUT2D eigenvalue weighted by atomic mass is 16.6. The van der Waals surface area contributed by atoms with Crippen LogP contribution in [0.4, 0.5) is 4.79 Å². The van der Waals surface area contributed by atoms with Crippen LogP contribution in [0, 0.1) is 0 Å². The number of amides is 1. The van der Waals surface area contributed by atoms with Gasteiger partial charge >= 0.3 is 6.09 Å². The lowest BCUT2D eigenvalue weighted by atomic mass is 10.0. The van der Waals surface area contributed by atoms with Gasteiger partial charge in [-0.15, -0.1) is 0 Å². The number of likely N-dealkylation sites (tertiary alicyclic amines) is 1. The molecule has 4 heteroatoms. The quantitative estimate of drug-likeness (QED) is 0.455. The van der Waals surface area contributed by atoms with E-state index < -0.39 is 0 Å². The molecule has 27 heavy (non-hydrogen) atoms. The van der Waals surface area contributed by atoms with Gasteiger partial charge in [0.25, 0.3) is 0 Å². The molecule has 1 heterocycles. The van der Waals surface area contributed by atoms with Gasteiger partial charge in [-0.2, -0.15) is 0 Å². The van der Waals surface area contributed by atoms with E-state index in [1.54, 1.807) is 0 Å². The molecule has 2 atom stereocenters. The number of ether oxygens (including phenoxy) is 1. The minimum atomic E-state index is -0.249. The molecule has 150 valence electrons. The second kappa shape index (κ2) is 11.8. The fourth-order valence-corrected chi connectivity index (χ4v) is 3.86. The summed E-state index contributed by atoms with van der Waals surface area (Å²) in [7, 11) is 0. The Morgan fingerprint density at radius 3 is 2.52 bits per heavy atom. The summed E-state index contributed by atoms with van der Waals surface area (Å²) >= 11 is 0. The van der Waals surface area contributed by atoms with Gasteiger partial charge in [-0.25, -0.2) is 4.79 Å². The first-order valence-corrected chi connectivity index (χ1v) is 10.6. The molecule has 1 aliphatic heterocycles. The van der Waals surface area contributed by atoms with E-state index in [9.17, 15) is 9.59 Å². The number of carbonyl (C=O) groups excluding carboxylic acids is 2. The molecule has 1 aliphatic rings. The summed E-state index contributed by atoms with van der Waals surface area (Å²) in [5.41, 5.74) is 0.993. The first-order chi connectivity index (χ1) is 13.1. The third kappa shape index (κ3) is 7.36. The zero-order valence-corrected chi connectivity index (χ0v) is 17.0. The Morgan fingerprint density at radius 2 is 1.78 bits per heavy atom. The van der Waals surface area contributed by atoms with Crippen LogP contribution in [-0.2, 0) is 16.1 Å². The van der Waals surface area contributed by atoms with Gasteiger partial charge in [0.2, 0.25) is 0 Å². The molecule has 0 spiro atoms. The van der Waals surface area contributed by atoms with Crippen molar-refractivity contribution in [1.82, 2.24) is 4.90 Å². The van der Waals surface area contributed by atoms with E-state index in [0.717, 1.165) is 37.7 Å². The Labute approximate surface area is 164 Å². The van der Waals surface area contributed by atoms with E-state index in [4.69, 9.17) is 4.74 Å². The van der Waals surface area contributed by atoms with Crippen molar-refractivity contribution >= 4 is 11.9 Å². The summed E-state index contributed by atoms with van der Waals surface area (Å²) in [6, 6.07) is 10.1. The molecule has 0 N–H and O–H groups in total. The van der Waals surface area contributed by atoms with Crippen LogP contribution in [0.25, 0.3) is 0 Å². The van der Waals surface area contributed by atoms with Gasteiger partial charge < -0.3 is 9.64 Å². The van der Waals surface area contributed by atoms with Crippen molar-refractivity contribution in [3.8, 4) is 0 Å². The smallest absolute Gasteiger partial charge is 0.410 e. The molecule has 1 fully saturated rings. The van der Waals surface area contributed by atoms with E-state index >= 15 is 0 Å². The molecule has 1 saturated heterocycles. The maximum atomic E-state index is 12.6. The summed E-state index contributed by atoms with van der Waals surface area (Å²) < 4.78 is 5.52. The number of hydrogen-bond acceptors (Lipinski definition) is 3. The van der Waals surface area contributed by atoms with Crippen molar-refractivity contribution in [2.45, 2.75) is 96.7 Å². The predicted octanol–water partition coefficient (Wildman–Crippen LogP) is 5.89. The van der Waals surface area contributed by atoms with Crippen molar-refractivity contribution in [3.63, 3.8) is 0 Å². The van der Waals surface area contributed by atoms with Gasteiger partial charge in [-0.1, -0.05) is 62.9 Å². The summed E-state index contributed by atoms with van der Waals surface area (Å²) in [6.45, 7) is 4.57. The number of hydrogen-bond donors (Lipinski definition) is 0. The molecule has 0 unspecified atom stereocenters. The van der Waals surface area contributed by atoms with Crippen LogP contribution in [0.15, 0.2) is 30.3 Å². The number of rotatable bonds is 11. The minimum absolute atomic E-state index is 0.132. The van der Waals surface area contributed by atoms with Gasteiger partial charge in [0.15, 0.2) is 0 Å². The van der Waals surface area contributed by atoms with Gasteiger partial charge in [-0.3, -0.25) is 4.79 Å². The Balaban J connectivity index is 1.73.